The number of amides is 1. The van der Waals surface area contributed by atoms with Crippen LogP contribution in [-0.2, 0) is 9.84 Å². The van der Waals surface area contributed by atoms with Crippen LogP contribution >= 0.6 is 0 Å². The Morgan fingerprint density at radius 2 is 2.00 bits per heavy atom. The highest BCUT2D eigenvalue weighted by atomic mass is 32.2. The number of nitrogens with one attached hydrogen (secondary N) is 1. The van der Waals surface area contributed by atoms with Gasteiger partial charge in [0.1, 0.15) is 5.69 Å². The molecule has 1 N–H and O–H groups in total. The van der Waals surface area contributed by atoms with E-state index < -0.39 is 9.84 Å². The summed E-state index contributed by atoms with van der Waals surface area (Å²) in [5.41, 5.74) is 1.18. The molecule has 0 saturated carbocycles. The van der Waals surface area contributed by atoms with Gasteiger partial charge in [0, 0.05) is 32.2 Å². The van der Waals surface area contributed by atoms with Gasteiger partial charge in [0.05, 0.1) is 23.4 Å². The standard InChI is InChI=1S/C15H22N4O3S/c1-18-5-7-19(8-6-18)15(20)14-3-2-12(10-16-14)17-13-4-9-23(21,22)11-13/h2-3,10,13,17H,4-9,11H2,1H3. The van der Waals surface area contributed by atoms with E-state index >= 15 is 0 Å². The number of aromatic nitrogens is 1. The summed E-state index contributed by atoms with van der Waals surface area (Å²) in [6, 6.07) is 3.43. The number of nitrogens with zero attached hydrogens (tertiary/aromatic N) is 3. The molecule has 1 aromatic heterocycles. The van der Waals surface area contributed by atoms with Crippen LogP contribution in [0.25, 0.3) is 0 Å². The van der Waals surface area contributed by atoms with Crippen LogP contribution in [0.4, 0.5) is 5.69 Å². The third kappa shape index (κ3) is 4.00. The molecule has 1 atom stereocenters. The monoisotopic (exact) mass is 338 g/mol. The molecule has 0 aromatic carbocycles. The Kier molecular flexibility index (Phi) is 4.54. The van der Waals surface area contributed by atoms with Crippen molar-refractivity contribution in [3.8, 4) is 0 Å². The second-order valence-corrected chi connectivity index (χ2v) is 8.50. The molecule has 8 heteroatoms. The van der Waals surface area contributed by atoms with Gasteiger partial charge in [0.15, 0.2) is 9.84 Å². The van der Waals surface area contributed by atoms with Crippen LogP contribution in [-0.4, -0.2) is 79.9 Å². The Labute approximate surface area is 136 Å². The summed E-state index contributed by atoms with van der Waals surface area (Å²) in [6.45, 7) is 3.19. The fourth-order valence-electron chi connectivity index (χ4n) is 2.92. The number of hydrogen-bond donors (Lipinski definition) is 1. The first kappa shape index (κ1) is 16.2. The Morgan fingerprint density at radius 3 is 2.57 bits per heavy atom. The Morgan fingerprint density at radius 1 is 1.26 bits per heavy atom. The van der Waals surface area contributed by atoms with Crippen molar-refractivity contribution in [2.75, 3.05) is 50.0 Å². The Hall–Kier alpha value is -1.67. The number of anilines is 1. The van der Waals surface area contributed by atoms with E-state index in [9.17, 15) is 13.2 Å². The SMILES string of the molecule is CN1CCN(C(=O)c2ccc(NC3CCS(=O)(=O)C3)cn2)CC1. The smallest absolute Gasteiger partial charge is 0.272 e. The molecular formula is C15H22N4O3S. The summed E-state index contributed by atoms with van der Waals surface area (Å²) >= 11 is 0. The third-order valence-corrected chi connectivity index (χ3v) is 6.14. The molecule has 0 spiro atoms. The average Bonchev–Trinajstić information content (AvgIpc) is 2.87. The van der Waals surface area contributed by atoms with Gasteiger partial charge < -0.3 is 15.1 Å². The van der Waals surface area contributed by atoms with Gasteiger partial charge in [0.25, 0.3) is 5.91 Å². The summed E-state index contributed by atoms with van der Waals surface area (Å²) in [5, 5.41) is 3.17. The lowest BCUT2D eigenvalue weighted by Crippen LogP contribution is -2.47. The molecule has 2 saturated heterocycles. The number of carbonyl (C=O) groups excluding carboxylic acids is 1. The third-order valence-electron chi connectivity index (χ3n) is 4.38. The zero-order chi connectivity index (χ0) is 16.4. The van der Waals surface area contributed by atoms with Crippen molar-refractivity contribution in [2.45, 2.75) is 12.5 Å². The number of likely N-dealkylation sites (N-methyl/N-ethyl adjacent to an activating group) is 1. The fourth-order valence-corrected chi connectivity index (χ4v) is 4.60. The maximum Gasteiger partial charge on any atom is 0.272 e. The zero-order valence-electron chi connectivity index (χ0n) is 13.2. The number of rotatable bonds is 3. The van der Waals surface area contributed by atoms with E-state index in [1.807, 2.05) is 11.9 Å². The molecule has 2 fully saturated rings. The topological polar surface area (TPSA) is 82.6 Å². The molecular weight excluding hydrogens is 316 g/mol. The fraction of sp³-hybridized carbons (Fsp3) is 0.600. The predicted molar refractivity (Wildman–Crippen MR) is 88.3 cm³/mol. The van der Waals surface area contributed by atoms with E-state index in [0.717, 1.165) is 31.9 Å². The Bertz CT molecular complexity index is 666. The molecule has 23 heavy (non-hydrogen) atoms. The van der Waals surface area contributed by atoms with Crippen molar-refractivity contribution in [3.63, 3.8) is 0 Å². The van der Waals surface area contributed by atoms with Gasteiger partial charge in [-0.1, -0.05) is 0 Å². The maximum absolute atomic E-state index is 12.4. The van der Waals surface area contributed by atoms with Gasteiger partial charge in [0.2, 0.25) is 0 Å². The van der Waals surface area contributed by atoms with Crippen molar-refractivity contribution < 1.29 is 13.2 Å². The molecule has 3 rings (SSSR count). The second kappa shape index (κ2) is 6.45. The highest BCUT2D eigenvalue weighted by molar-refractivity contribution is 7.91. The van der Waals surface area contributed by atoms with Crippen LogP contribution in [0.1, 0.15) is 16.9 Å². The normalized spacial score (nSPS) is 24.6. The predicted octanol–water partition coefficient (Wildman–Crippen LogP) is 0.0682. The van der Waals surface area contributed by atoms with Crippen molar-refractivity contribution in [1.82, 2.24) is 14.8 Å². The molecule has 0 bridgehead atoms. The van der Waals surface area contributed by atoms with E-state index in [1.165, 1.54) is 0 Å². The molecule has 126 valence electrons. The summed E-state index contributed by atoms with van der Waals surface area (Å²) in [5.74, 6) is 0.348. The molecule has 1 unspecified atom stereocenters. The first-order valence-electron chi connectivity index (χ1n) is 7.84. The number of piperazine rings is 1. The van der Waals surface area contributed by atoms with E-state index in [2.05, 4.69) is 15.2 Å². The number of pyridine rings is 1. The van der Waals surface area contributed by atoms with Crippen LogP contribution in [0.5, 0.6) is 0 Å². The first-order valence-corrected chi connectivity index (χ1v) is 9.66. The van der Waals surface area contributed by atoms with Crippen molar-refractivity contribution in [2.24, 2.45) is 0 Å². The lowest BCUT2D eigenvalue weighted by atomic mass is 10.2. The van der Waals surface area contributed by atoms with Gasteiger partial charge in [-0.3, -0.25) is 4.79 Å². The van der Waals surface area contributed by atoms with Crippen molar-refractivity contribution in [1.29, 1.82) is 0 Å². The van der Waals surface area contributed by atoms with E-state index in [-0.39, 0.29) is 23.5 Å². The zero-order valence-corrected chi connectivity index (χ0v) is 14.1. The lowest BCUT2D eigenvalue weighted by molar-refractivity contribution is 0.0658. The maximum atomic E-state index is 12.4. The minimum Gasteiger partial charge on any atom is -0.380 e. The molecule has 1 aromatic rings. The van der Waals surface area contributed by atoms with Crippen molar-refractivity contribution >= 4 is 21.4 Å². The number of carbonyl (C=O) groups is 1. The van der Waals surface area contributed by atoms with E-state index in [1.54, 1.807) is 18.3 Å². The summed E-state index contributed by atoms with van der Waals surface area (Å²) < 4.78 is 22.9. The van der Waals surface area contributed by atoms with Crippen LogP contribution in [0, 0.1) is 0 Å². The molecule has 1 amide bonds. The summed E-state index contributed by atoms with van der Waals surface area (Å²) in [6.07, 6.45) is 2.22. The van der Waals surface area contributed by atoms with Crippen LogP contribution in [0.3, 0.4) is 0 Å². The van der Waals surface area contributed by atoms with Gasteiger partial charge in [-0.15, -0.1) is 0 Å². The first-order chi connectivity index (χ1) is 10.9. The second-order valence-electron chi connectivity index (χ2n) is 6.27. The van der Waals surface area contributed by atoms with E-state index in [0.29, 0.717) is 12.1 Å². The van der Waals surface area contributed by atoms with Gasteiger partial charge in [-0.2, -0.15) is 0 Å². The quantitative estimate of drug-likeness (QED) is 0.840. The number of sulfone groups is 1. The minimum absolute atomic E-state index is 0.0481. The molecule has 7 nitrogen and oxygen atoms in total. The molecule has 0 radical (unpaired) electrons. The minimum atomic E-state index is -2.90. The molecule has 0 aliphatic carbocycles. The van der Waals surface area contributed by atoms with Crippen molar-refractivity contribution in [3.05, 3.63) is 24.0 Å². The lowest BCUT2D eigenvalue weighted by Gasteiger charge is -2.32. The Balaban J connectivity index is 1.60. The average molecular weight is 338 g/mol. The van der Waals surface area contributed by atoms with Crippen LogP contribution in [0.15, 0.2) is 18.3 Å². The molecule has 3 heterocycles. The van der Waals surface area contributed by atoms with Gasteiger partial charge in [-0.25, -0.2) is 13.4 Å². The van der Waals surface area contributed by atoms with Gasteiger partial charge in [-0.05, 0) is 25.6 Å². The molecule has 2 aliphatic heterocycles. The number of hydrogen-bond acceptors (Lipinski definition) is 6. The van der Waals surface area contributed by atoms with Crippen LogP contribution < -0.4 is 5.32 Å². The van der Waals surface area contributed by atoms with Crippen LogP contribution in [0.2, 0.25) is 0 Å². The summed E-state index contributed by atoms with van der Waals surface area (Å²) in [7, 11) is -0.858. The van der Waals surface area contributed by atoms with E-state index in [4.69, 9.17) is 0 Å². The largest absolute Gasteiger partial charge is 0.380 e. The summed E-state index contributed by atoms with van der Waals surface area (Å²) in [4.78, 5) is 20.6. The highest BCUT2D eigenvalue weighted by Crippen LogP contribution is 2.17. The highest BCUT2D eigenvalue weighted by Gasteiger charge is 2.28. The van der Waals surface area contributed by atoms with Gasteiger partial charge >= 0.3 is 0 Å². The molecule has 2 aliphatic rings.